The Hall–Kier alpha value is -1.85. The van der Waals surface area contributed by atoms with Gasteiger partial charge in [-0.3, -0.25) is 10.2 Å². The van der Waals surface area contributed by atoms with Crippen LogP contribution >= 0.6 is 0 Å². The second-order valence-corrected chi connectivity index (χ2v) is 6.00. The minimum atomic E-state index is -0.147. The molecule has 0 bridgehead atoms. The third-order valence-corrected chi connectivity index (χ3v) is 4.64. The lowest BCUT2D eigenvalue weighted by Crippen LogP contribution is -2.45. The van der Waals surface area contributed by atoms with E-state index in [4.69, 9.17) is 0 Å². The molecule has 1 amide bonds. The van der Waals surface area contributed by atoms with Gasteiger partial charge in [0, 0.05) is 30.8 Å². The zero-order chi connectivity index (χ0) is 15.5. The number of hydrazine groups is 1. The van der Waals surface area contributed by atoms with E-state index in [-0.39, 0.29) is 11.9 Å². The van der Waals surface area contributed by atoms with Crippen LogP contribution in [-0.2, 0) is 11.3 Å². The van der Waals surface area contributed by atoms with Crippen LogP contribution in [0.5, 0.6) is 0 Å². The van der Waals surface area contributed by atoms with Crippen LogP contribution in [0.2, 0.25) is 0 Å². The first-order valence-corrected chi connectivity index (χ1v) is 8.03. The summed E-state index contributed by atoms with van der Waals surface area (Å²) in [4.78, 5) is 12.3. The molecule has 0 saturated carbocycles. The smallest absolute Gasteiger partial charge is 0.238 e. The molecule has 1 aromatic heterocycles. The molecule has 1 aliphatic rings. The van der Waals surface area contributed by atoms with Gasteiger partial charge in [0.2, 0.25) is 5.91 Å². The molecule has 2 aromatic rings. The highest BCUT2D eigenvalue weighted by Crippen LogP contribution is 2.17. The Morgan fingerprint density at radius 1 is 1.27 bits per heavy atom. The van der Waals surface area contributed by atoms with Gasteiger partial charge in [-0.05, 0) is 29.9 Å². The molecule has 1 saturated heterocycles. The Labute approximate surface area is 131 Å². The summed E-state index contributed by atoms with van der Waals surface area (Å²) in [5, 5.41) is 4.27. The van der Waals surface area contributed by atoms with E-state index in [1.165, 1.54) is 10.9 Å². The first-order valence-electron chi connectivity index (χ1n) is 8.03. The number of rotatable bonds is 5. The van der Waals surface area contributed by atoms with Crippen LogP contribution in [0, 0.1) is 5.92 Å². The van der Waals surface area contributed by atoms with E-state index in [9.17, 15) is 4.79 Å². The number of nitrogens with zero attached hydrogens (tertiary/aromatic N) is 1. The zero-order valence-electron chi connectivity index (χ0n) is 13.2. The Morgan fingerprint density at radius 3 is 2.86 bits per heavy atom. The number of benzene rings is 1. The van der Waals surface area contributed by atoms with Crippen molar-refractivity contribution >= 4 is 16.8 Å². The van der Waals surface area contributed by atoms with E-state index in [2.05, 4.69) is 59.0 Å². The highest BCUT2D eigenvalue weighted by molar-refractivity contribution is 5.82. The van der Waals surface area contributed by atoms with Crippen molar-refractivity contribution in [1.82, 2.24) is 20.7 Å². The van der Waals surface area contributed by atoms with Gasteiger partial charge in [0.25, 0.3) is 0 Å². The van der Waals surface area contributed by atoms with Gasteiger partial charge in [-0.15, -0.1) is 0 Å². The van der Waals surface area contributed by atoms with Gasteiger partial charge in [-0.25, -0.2) is 5.43 Å². The summed E-state index contributed by atoms with van der Waals surface area (Å²) in [5.41, 5.74) is 7.52. The highest BCUT2D eigenvalue weighted by Gasteiger charge is 2.35. The molecule has 3 unspecified atom stereocenters. The summed E-state index contributed by atoms with van der Waals surface area (Å²) in [6.45, 7) is 5.67. The van der Waals surface area contributed by atoms with Gasteiger partial charge in [0.15, 0.2) is 0 Å². The fraction of sp³-hybridized carbons (Fsp3) is 0.471. The molecule has 1 fully saturated rings. The molecule has 0 spiro atoms. The standard InChI is InChI=1S/C17H24N4O/c1-3-14-12(2)16(20-19-14)17(22)18-9-11-21-10-8-13-6-4-5-7-15(13)21/h4-8,10,12,14,16,19-20H,3,9,11H2,1-2H3,(H,18,22). The van der Waals surface area contributed by atoms with Crippen LogP contribution in [0.25, 0.3) is 10.9 Å². The molecule has 0 aliphatic carbocycles. The molecule has 0 radical (unpaired) electrons. The number of carbonyl (C=O) groups is 1. The van der Waals surface area contributed by atoms with E-state index in [1.807, 2.05) is 12.1 Å². The van der Waals surface area contributed by atoms with Crippen molar-refractivity contribution in [2.24, 2.45) is 5.92 Å². The van der Waals surface area contributed by atoms with Crippen LogP contribution in [0.3, 0.4) is 0 Å². The van der Waals surface area contributed by atoms with Gasteiger partial charge in [-0.2, -0.15) is 0 Å². The van der Waals surface area contributed by atoms with Gasteiger partial charge in [0.1, 0.15) is 6.04 Å². The largest absolute Gasteiger partial charge is 0.353 e. The van der Waals surface area contributed by atoms with E-state index in [0.717, 1.165) is 13.0 Å². The number of hydrogen-bond donors (Lipinski definition) is 3. The predicted octanol–water partition coefficient (Wildman–Crippen LogP) is 1.65. The molecular formula is C17H24N4O. The number of fused-ring (bicyclic) bond motifs is 1. The number of carbonyl (C=O) groups excluding carboxylic acids is 1. The lowest BCUT2D eigenvalue weighted by atomic mass is 9.94. The van der Waals surface area contributed by atoms with Gasteiger partial charge < -0.3 is 9.88 Å². The fourth-order valence-electron chi connectivity index (χ4n) is 3.22. The zero-order valence-corrected chi connectivity index (χ0v) is 13.2. The van der Waals surface area contributed by atoms with Crippen molar-refractivity contribution < 1.29 is 4.79 Å². The second kappa shape index (κ2) is 6.50. The molecule has 22 heavy (non-hydrogen) atoms. The van der Waals surface area contributed by atoms with E-state index in [1.54, 1.807) is 0 Å². The van der Waals surface area contributed by atoms with Crippen molar-refractivity contribution in [3.8, 4) is 0 Å². The van der Waals surface area contributed by atoms with Gasteiger partial charge in [-0.1, -0.05) is 32.0 Å². The minimum absolute atomic E-state index is 0.0763. The summed E-state index contributed by atoms with van der Waals surface area (Å²) in [5.74, 6) is 0.379. The second-order valence-electron chi connectivity index (χ2n) is 6.00. The van der Waals surface area contributed by atoms with Crippen LogP contribution in [-0.4, -0.2) is 29.1 Å². The first kappa shape index (κ1) is 15.1. The molecule has 5 nitrogen and oxygen atoms in total. The van der Waals surface area contributed by atoms with Crippen molar-refractivity contribution in [3.05, 3.63) is 36.5 Å². The molecule has 1 aromatic carbocycles. The topological polar surface area (TPSA) is 58.1 Å². The van der Waals surface area contributed by atoms with E-state index in [0.29, 0.717) is 18.5 Å². The lowest BCUT2D eigenvalue weighted by Gasteiger charge is -2.17. The Kier molecular flexibility index (Phi) is 4.45. The summed E-state index contributed by atoms with van der Waals surface area (Å²) in [7, 11) is 0. The normalized spacial score (nSPS) is 24.7. The van der Waals surface area contributed by atoms with Gasteiger partial charge >= 0.3 is 0 Å². The summed E-state index contributed by atoms with van der Waals surface area (Å²) < 4.78 is 2.17. The maximum absolute atomic E-state index is 12.3. The summed E-state index contributed by atoms with van der Waals surface area (Å²) >= 11 is 0. The van der Waals surface area contributed by atoms with Crippen molar-refractivity contribution in [3.63, 3.8) is 0 Å². The molecule has 118 valence electrons. The molecule has 3 atom stereocenters. The SMILES string of the molecule is CCC1NNC(C(=O)NCCn2ccc3ccccc32)C1C. The predicted molar refractivity (Wildman–Crippen MR) is 88.3 cm³/mol. The number of amides is 1. The molecule has 3 N–H and O–H groups in total. The van der Waals surface area contributed by atoms with Crippen LogP contribution in [0.4, 0.5) is 0 Å². The number of hydrogen-bond acceptors (Lipinski definition) is 3. The molecule has 1 aliphatic heterocycles. The quantitative estimate of drug-likeness (QED) is 0.787. The number of para-hydroxylation sites is 1. The monoisotopic (exact) mass is 300 g/mol. The lowest BCUT2D eigenvalue weighted by molar-refractivity contribution is -0.123. The molecular weight excluding hydrogens is 276 g/mol. The molecule has 5 heteroatoms. The van der Waals surface area contributed by atoms with E-state index < -0.39 is 0 Å². The Morgan fingerprint density at radius 2 is 2.09 bits per heavy atom. The maximum atomic E-state index is 12.3. The Balaban J connectivity index is 1.54. The van der Waals surface area contributed by atoms with Gasteiger partial charge in [0.05, 0.1) is 0 Å². The Bertz CT molecular complexity index is 651. The fourth-order valence-corrected chi connectivity index (χ4v) is 3.22. The van der Waals surface area contributed by atoms with Crippen molar-refractivity contribution in [2.75, 3.05) is 6.54 Å². The highest BCUT2D eigenvalue weighted by atomic mass is 16.2. The number of aromatic nitrogens is 1. The van der Waals surface area contributed by atoms with Crippen LogP contribution in [0.15, 0.2) is 36.5 Å². The minimum Gasteiger partial charge on any atom is -0.353 e. The summed E-state index contributed by atoms with van der Waals surface area (Å²) in [6, 6.07) is 10.6. The first-order chi connectivity index (χ1) is 10.7. The van der Waals surface area contributed by atoms with Crippen molar-refractivity contribution in [2.45, 2.75) is 38.9 Å². The van der Waals surface area contributed by atoms with Crippen molar-refractivity contribution in [1.29, 1.82) is 0 Å². The third kappa shape index (κ3) is 2.87. The average molecular weight is 300 g/mol. The molecule has 2 heterocycles. The number of nitrogens with one attached hydrogen (secondary N) is 3. The van der Waals surface area contributed by atoms with E-state index >= 15 is 0 Å². The summed E-state index contributed by atoms with van der Waals surface area (Å²) in [6.07, 6.45) is 3.09. The van der Waals surface area contributed by atoms with Crippen LogP contribution in [0.1, 0.15) is 20.3 Å². The third-order valence-electron chi connectivity index (χ3n) is 4.64. The average Bonchev–Trinajstić information content (AvgIpc) is 3.11. The molecule has 3 rings (SSSR count). The maximum Gasteiger partial charge on any atom is 0.238 e. The van der Waals surface area contributed by atoms with Crippen LogP contribution < -0.4 is 16.2 Å².